The average Bonchev–Trinajstić information content (AvgIpc) is 3.37. The standard InChI is InChI=1S/C22H25N3O3S2/c1-15-8-9-21(29-15)30(27,28)25-11-4-5-16(13-25)22(26)24-12-10-20-18(14-24)17-6-2-3-7-19(17)23-20/h2-3,6-9,16,23H,4-5,10-14H2,1H3/t16-/m1/s1. The second-order valence-electron chi connectivity index (χ2n) is 8.20. The van der Waals surface area contributed by atoms with Crippen LogP contribution >= 0.6 is 11.3 Å². The Hall–Kier alpha value is -2.16. The van der Waals surface area contributed by atoms with Crippen molar-refractivity contribution in [3.8, 4) is 0 Å². The number of para-hydroxylation sites is 1. The van der Waals surface area contributed by atoms with Gasteiger partial charge in [-0.3, -0.25) is 4.79 Å². The van der Waals surface area contributed by atoms with Crippen molar-refractivity contribution in [3.63, 3.8) is 0 Å². The molecule has 0 saturated carbocycles. The number of rotatable bonds is 3. The Morgan fingerprint density at radius 3 is 2.80 bits per heavy atom. The normalized spacial score (nSPS) is 20.4. The lowest BCUT2D eigenvalue weighted by Gasteiger charge is -2.35. The molecule has 1 aromatic carbocycles. The maximum absolute atomic E-state index is 13.3. The molecule has 6 nitrogen and oxygen atoms in total. The van der Waals surface area contributed by atoms with Crippen LogP contribution in [-0.2, 0) is 27.8 Å². The Morgan fingerprint density at radius 2 is 2.00 bits per heavy atom. The van der Waals surface area contributed by atoms with Crippen LogP contribution in [0.15, 0.2) is 40.6 Å². The molecule has 1 amide bonds. The second-order valence-corrected chi connectivity index (χ2v) is 11.7. The first kappa shape index (κ1) is 19.8. The average molecular weight is 444 g/mol. The van der Waals surface area contributed by atoms with Gasteiger partial charge in [0, 0.05) is 59.6 Å². The lowest BCUT2D eigenvalue weighted by molar-refractivity contribution is -0.137. The molecule has 8 heteroatoms. The van der Waals surface area contributed by atoms with Gasteiger partial charge in [-0.25, -0.2) is 8.42 Å². The van der Waals surface area contributed by atoms with E-state index in [1.54, 1.807) is 6.07 Å². The summed E-state index contributed by atoms with van der Waals surface area (Å²) in [6, 6.07) is 11.7. The highest BCUT2D eigenvalue weighted by atomic mass is 32.2. The number of benzene rings is 1. The molecule has 3 aromatic rings. The minimum absolute atomic E-state index is 0.0770. The highest BCUT2D eigenvalue weighted by molar-refractivity contribution is 7.91. The number of H-pyrrole nitrogens is 1. The molecule has 1 atom stereocenters. The van der Waals surface area contributed by atoms with Crippen LogP contribution in [0.4, 0.5) is 0 Å². The zero-order chi connectivity index (χ0) is 20.9. The van der Waals surface area contributed by atoms with Crippen LogP contribution in [0.3, 0.4) is 0 Å². The smallest absolute Gasteiger partial charge is 0.252 e. The number of nitrogens with zero attached hydrogens (tertiary/aromatic N) is 2. The third-order valence-corrected chi connectivity index (χ3v) is 9.57. The van der Waals surface area contributed by atoms with Crippen LogP contribution < -0.4 is 0 Å². The monoisotopic (exact) mass is 443 g/mol. The van der Waals surface area contributed by atoms with Gasteiger partial charge in [0.15, 0.2) is 0 Å². The van der Waals surface area contributed by atoms with Crippen molar-refractivity contribution in [2.24, 2.45) is 5.92 Å². The lowest BCUT2D eigenvalue weighted by Crippen LogP contribution is -2.47. The van der Waals surface area contributed by atoms with Crippen LogP contribution in [-0.4, -0.2) is 48.1 Å². The highest BCUT2D eigenvalue weighted by Crippen LogP contribution is 2.31. The van der Waals surface area contributed by atoms with Crippen molar-refractivity contribution < 1.29 is 13.2 Å². The van der Waals surface area contributed by atoms with Gasteiger partial charge in [0.1, 0.15) is 4.21 Å². The molecule has 30 heavy (non-hydrogen) atoms. The fraction of sp³-hybridized carbons (Fsp3) is 0.409. The number of carbonyl (C=O) groups excluding carboxylic acids is 1. The number of aromatic amines is 1. The first-order valence-corrected chi connectivity index (χ1v) is 12.6. The SMILES string of the molecule is Cc1ccc(S(=O)(=O)N2CCC[C@@H](C(=O)N3CCc4[nH]c5ccccc5c4C3)C2)s1. The summed E-state index contributed by atoms with van der Waals surface area (Å²) in [5, 5.41) is 1.17. The van der Waals surface area contributed by atoms with E-state index in [1.807, 2.05) is 30.0 Å². The molecule has 0 radical (unpaired) electrons. The number of hydrogen-bond acceptors (Lipinski definition) is 4. The summed E-state index contributed by atoms with van der Waals surface area (Å²) in [7, 11) is -3.53. The van der Waals surface area contributed by atoms with E-state index in [-0.39, 0.29) is 18.4 Å². The van der Waals surface area contributed by atoms with Crippen LogP contribution in [0.2, 0.25) is 0 Å². The van der Waals surface area contributed by atoms with Crippen molar-refractivity contribution in [2.45, 2.75) is 36.9 Å². The molecule has 0 bridgehead atoms. The van der Waals surface area contributed by atoms with E-state index in [1.165, 1.54) is 32.3 Å². The number of nitrogens with one attached hydrogen (secondary N) is 1. The molecule has 0 spiro atoms. The summed E-state index contributed by atoms with van der Waals surface area (Å²) in [5.74, 6) is -0.200. The lowest BCUT2D eigenvalue weighted by atomic mass is 9.96. The summed E-state index contributed by atoms with van der Waals surface area (Å²) in [6.45, 7) is 3.92. The third kappa shape index (κ3) is 3.36. The summed E-state index contributed by atoms with van der Waals surface area (Å²) in [5.41, 5.74) is 3.51. The highest BCUT2D eigenvalue weighted by Gasteiger charge is 2.36. The number of carbonyl (C=O) groups is 1. The van der Waals surface area contributed by atoms with E-state index >= 15 is 0 Å². The number of amides is 1. The molecule has 2 aromatic heterocycles. The summed E-state index contributed by atoms with van der Waals surface area (Å²) in [6.07, 6.45) is 2.26. The Kier molecular flexibility index (Phi) is 4.95. The van der Waals surface area contributed by atoms with Crippen LogP contribution in [0.5, 0.6) is 0 Å². The van der Waals surface area contributed by atoms with Gasteiger partial charge in [-0.15, -0.1) is 11.3 Å². The molecular weight excluding hydrogens is 418 g/mol. The molecule has 158 valence electrons. The number of piperidine rings is 1. The molecule has 1 fully saturated rings. The number of fused-ring (bicyclic) bond motifs is 3. The fourth-order valence-corrected chi connectivity index (χ4v) is 7.61. The number of aryl methyl sites for hydroxylation is 1. The molecule has 0 unspecified atom stereocenters. The predicted octanol–water partition coefficient (Wildman–Crippen LogP) is 3.52. The van der Waals surface area contributed by atoms with E-state index in [4.69, 9.17) is 0 Å². The second kappa shape index (κ2) is 7.51. The molecule has 2 aliphatic rings. The zero-order valence-electron chi connectivity index (χ0n) is 16.9. The number of sulfonamides is 1. The molecule has 1 saturated heterocycles. The van der Waals surface area contributed by atoms with Crippen molar-refractivity contribution in [2.75, 3.05) is 19.6 Å². The van der Waals surface area contributed by atoms with E-state index in [2.05, 4.69) is 17.1 Å². The topological polar surface area (TPSA) is 73.5 Å². The van der Waals surface area contributed by atoms with Gasteiger partial charge in [-0.2, -0.15) is 4.31 Å². The van der Waals surface area contributed by atoms with Crippen molar-refractivity contribution in [1.82, 2.24) is 14.2 Å². The van der Waals surface area contributed by atoms with Crippen molar-refractivity contribution in [3.05, 3.63) is 52.5 Å². The van der Waals surface area contributed by atoms with Gasteiger partial charge in [0.25, 0.3) is 10.0 Å². The fourth-order valence-electron chi connectivity index (χ4n) is 4.65. The first-order chi connectivity index (χ1) is 14.4. The maximum Gasteiger partial charge on any atom is 0.252 e. The van der Waals surface area contributed by atoms with E-state index in [9.17, 15) is 13.2 Å². The van der Waals surface area contributed by atoms with Crippen molar-refractivity contribution in [1.29, 1.82) is 0 Å². The van der Waals surface area contributed by atoms with Gasteiger partial charge in [0.2, 0.25) is 5.91 Å². The number of hydrogen-bond donors (Lipinski definition) is 1. The van der Waals surface area contributed by atoms with Gasteiger partial charge in [0.05, 0.1) is 5.92 Å². The summed E-state index contributed by atoms with van der Waals surface area (Å²) < 4.78 is 27.9. The van der Waals surface area contributed by atoms with Gasteiger partial charge in [-0.1, -0.05) is 18.2 Å². The van der Waals surface area contributed by atoms with Gasteiger partial charge in [-0.05, 0) is 38.0 Å². The van der Waals surface area contributed by atoms with Crippen LogP contribution in [0, 0.1) is 12.8 Å². The Morgan fingerprint density at radius 1 is 1.17 bits per heavy atom. The largest absolute Gasteiger partial charge is 0.358 e. The molecule has 4 heterocycles. The number of aromatic nitrogens is 1. The third-order valence-electron chi connectivity index (χ3n) is 6.24. The van der Waals surface area contributed by atoms with Crippen molar-refractivity contribution >= 4 is 38.2 Å². The van der Waals surface area contributed by atoms with Crippen LogP contribution in [0.1, 0.15) is 29.0 Å². The quantitative estimate of drug-likeness (QED) is 0.673. The molecule has 0 aliphatic carbocycles. The molecule has 2 aliphatic heterocycles. The predicted molar refractivity (Wildman–Crippen MR) is 118 cm³/mol. The van der Waals surface area contributed by atoms with Crippen LogP contribution in [0.25, 0.3) is 10.9 Å². The van der Waals surface area contributed by atoms with E-state index < -0.39 is 10.0 Å². The molecule has 1 N–H and O–H groups in total. The van der Waals surface area contributed by atoms with Gasteiger partial charge < -0.3 is 9.88 Å². The Labute approximate surface area is 180 Å². The maximum atomic E-state index is 13.3. The van der Waals surface area contributed by atoms with E-state index in [0.29, 0.717) is 30.3 Å². The minimum atomic E-state index is -3.53. The summed E-state index contributed by atoms with van der Waals surface area (Å²) >= 11 is 1.29. The molecule has 5 rings (SSSR count). The van der Waals surface area contributed by atoms with Gasteiger partial charge >= 0.3 is 0 Å². The Balaban J connectivity index is 1.34. The molecular formula is C22H25N3O3S2. The zero-order valence-corrected chi connectivity index (χ0v) is 18.6. The minimum Gasteiger partial charge on any atom is -0.358 e. The number of thiophene rings is 1. The van der Waals surface area contributed by atoms with E-state index in [0.717, 1.165) is 23.2 Å². The Bertz CT molecular complexity index is 1210. The first-order valence-electron chi connectivity index (χ1n) is 10.4. The summed E-state index contributed by atoms with van der Waals surface area (Å²) in [4.78, 5) is 19.7.